The molecule has 2 aromatic rings. The van der Waals surface area contributed by atoms with Gasteiger partial charge in [0.25, 0.3) is 0 Å². The summed E-state index contributed by atoms with van der Waals surface area (Å²) in [5.74, 6) is 1.40. The smallest absolute Gasteiger partial charge is 0.140 e. The third-order valence-corrected chi connectivity index (χ3v) is 3.17. The van der Waals surface area contributed by atoms with Crippen molar-refractivity contribution in [3.05, 3.63) is 41.1 Å². The summed E-state index contributed by atoms with van der Waals surface area (Å²) in [6.45, 7) is 4.54. The van der Waals surface area contributed by atoms with Crippen molar-refractivity contribution in [2.45, 2.75) is 26.3 Å². The minimum atomic E-state index is 0.170. The molecular formula is C15H18N4O. The molecule has 0 aliphatic rings. The molecule has 5 nitrogen and oxygen atoms in total. The van der Waals surface area contributed by atoms with Crippen molar-refractivity contribution >= 4 is 5.82 Å². The number of nitrogen functional groups attached to an aromatic ring is 1. The fraction of sp³-hybridized carbons (Fsp3) is 0.333. The van der Waals surface area contributed by atoms with Crippen LogP contribution in [0, 0.1) is 11.3 Å². The van der Waals surface area contributed by atoms with E-state index < -0.39 is 0 Å². The van der Waals surface area contributed by atoms with Gasteiger partial charge in [0.1, 0.15) is 23.2 Å². The molecule has 0 amide bonds. The van der Waals surface area contributed by atoms with Gasteiger partial charge in [-0.05, 0) is 23.6 Å². The molecule has 2 N–H and O–H groups in total. The van der Waals surface area contributed by atoms with Gasteiger partial charge in [0.15, 0.2) is 0 Å². The number of aromatic nitrogens is 2. The van der Waals surface area contributed by atoms with Crippen LogP contribution < -0.4 is 10.5 Å². The Balaban J connectivity index is 2.31. The number of rotatable bonds is 4. The Morgan fingerprint density at radius 2 is 2.00 bits per heavy atom. The monoisotopic (exact) mass is 270 g/mol. The molecule has 0 radical (unpaired) electrons. The minimum absolute atomic E-state index is 0.170. The third kappa shape index (κ3) is 2.59. The predicted molar refractivity (Wildman–Crippen MR) is 77.5 cm³/mol. The van der Waals surface area contributed by atoms with Crippen LogP contribution in [0.2, 0.25) is 0 Å². The lowest BCUT2D eigenvalue weighted by Gasteiger charge is -2.05. The van der Waals surface area contributed by atoms with Crippen molar-refractivity contribution in [3.8, 4) is 11.8 Å². The number of hydrogen-bond acceptors (Lipinski definition) is 4. The Morgan fingerprint density at radius 1 is 1.35 bits per heavy atom. The van der Waals surface area contributed by atoms with Crippen molar-refractivity contribution < 1.29 is 4.74 Å². The molecule has 2 rings (SSSR count). The summed E-state index contributed by atoms with van der Waals surface area (Å²) in [5.41, 5.74) is 8.29. The largest absolute Gasteiger partial charge is 0.497 e. The second kappa shape index (κ2) is 5.66. The zero-order valence-electron chi connectivity index (χ0n) is 11.9. The average molecular weight is 270 g/mol. The maximum absolute atomic E-state index is 9.20. The number of hydrogen-bond donors (Lipinski definition) is 1. The Morgan fingerprint density at radius 3 is 2.45 bits per heavy atom. The lowest BCUT2D eigenvalue weighted by molar-refractivity contribution is 0.414. The molecule has 1 aromatic heterocycles. The highest BCUT2D eigenvalue weighted by molar-refractivity contribution is 5.53. The maximum Gasteiger partial charge on any atom is 0.140 e. The highest BCUT2D eigenvalue weighted by atomic mass is 16.5. The predicted octanol–water partition coefficient (Wildman–Crippen LogP) is 2.52. The van der Waals surface area contributed by atoms with E-state index in [1.165, 1.54) is 0 Å². The number of methoxy groups -OCH3 is 1. The van der Waals surface area contributed by atoms with Gasteiger partial charge in [-0.1, -0.05) is 26.0 Å². The first kappa shape index (κ1) is 13.9. The molecule has 0 bridgehead atoms. The van der Waals surface area contributed by atoms with Crippen molar-refractivity contribution in [3.63, 3.8) is 0 Å². The van der Waals surface area contributed by atoms with Crippen LogP contribution >= 0.6 is 0 Å². The van der Waals surface area contributed by atoms with E-state index in [4.69, 9.17) is 10.5 Å². The Kier molecular flexibility index (Phi) is 3.94. The first-order valence-electron chi connectivity index (χ1n) is 6.46. The highest BCUT2D eigenvalue weighted by Crippen LogP contribution is 2.24. The number of nitriles is 1. The molecule has 0 aliphatic heterocycles. The molecule has 0 atom stereocenters. The molecule has 0 unspecified atom stereocenters. The minimum Gasteiger partial charge on any atom is -0.497 e. The van der Waals surface area contributed by atoms with Crippen molar-refractivity contribution in [1.82, 2.24) is 9.78 Å². The van der Waals surface area contributed by atoms with Gasteiger partial charge in [0.2, 0.25) is 0 Å². The normalized spacial score (nSPS) is 10.6. The quantitative estimate of drug-likeness (QED) is 0.926. The SMILES string of the molecule is COc1ccc(Cn2nc(C(C)C)c(C#N)c2N)cc1. The van der Waals surface area contributed by atoms with Gasteiger partial charge >= 0.3 is 0 Å². The topological polar surface area (TPSA) is 76.9 Å². The van der Waals surface area contributed by atoms with Gasteiger partial charge in [-0.15, -0.1) is 0 Å². The van der Waals surface area contributed by atoms with Crippen molar-refractivity contribution in [2.75, 3.05) is 12.8 Å². The molecule has 0 saturated carbocycles. The second-order valence-corrected chi connectivity index (χ2v) is 4.92. The van der Waals surface area contributed by atoms with Gasteiger partial charge in [0.05, 0.1) is 19.3 Å². The van der Waals surface area contributed by atoms with E-state index in [1.807, 2.05) is 38.1 Å². The van der Waals surface area contributed by atoms with E-state index in [9.17, 15) is 5.26 Å². The van der Waals surface area contributed by atoms with E-state index >= 15 is 0 Å². The second-order valence-electron chi connectivity index (χ2n) is 4.92. The van der Waals surface area contributed by atoms with Crippen LogP contribution in [0.15, 0.2) is 24.3 Å². The van der Waals surface area contributed by atoms with Crippen LogP contribution in [0.25, 0.3) is 0 Å². The molecule has 5 heteroatoms. The fourth-order valence-corrected chi connectivity index (χ4v) is 2.04. The van der Waals surface area contributed by atoms with Crippen molar-refractivity contribution in [1.29, 1.82) is 5.26 Å². The Labute approximate surface area is 118 Å². The molecule has 0 spiro atoms. The third-order valence-electron chi connectivity index (χ3n) is 3.17. The number of anilines is 1. The lowest BCUT2D eigenvalue weighted by atomic mass is 10.1. The highest BCUT2D eigenvalue weighted by Gasteiger charge is 2.17. The van der Waals surface area contributed by atoms with E-state index in [0.717, 1.165) is 17.0 Å². The van der Waals surface area contributed by atoms with Crippen LogP contribution in [0.1, 0.15) is 36.6 Å². The zero-order valence-corrected chi connectivity index (χ0v) is 11.9. The summed E-state index contributed by atoms with van der Waals surface area (Å²) in [5, 5.41) is 13.7. The summed E-state index contributed by atoms with van der Waals surface area (Å²) in [6.07, 6.45) is 0. The van der Waals surface area contributed by atoms with Gasteiger partial charge in [-0.3, -0.25) is 0 Å². The summed E-state index contributed by atoms with van der Waals surface area (Å²) in [4.78, 5) is 0. The lowest BCUT2D eigenvalue weighted by Crippen LogP contribution is -2.06. The van der Waals surface area contributed by atoms with E-state index in [0.29, 0.717) is 17.9 Å². The standard InChI is InChI=1S/C15H18N4O/c1-10(2)14-13(8-16)15(17)19(18-14)9-11-4-6-12(20-3)7-5-11/h4-7,10H,9,17H2,1-3H3. The van der Waals surface area contributed by atoms with E-state index in [2.05, 4.69) is 11.2 Å². The summed E-state index contributed by atoms with van der Waals surface area (Å²) >= 11 is 0. The van der Waals surface area contributed by atoms with Crippen LogP contribution in [0.5, 0.6) is 5.75 Å². The van der Waals surface area contributed by atoms with Gasteiger partial charge in [-0.2, -0.15) is 10.4 Å². The van der Waals surface area contributed by atoms with Gasteiger partial charge in [-0.25, -0.2) is 4.68 Å². The average Bonchev–Trinajstić information content (AvgIpc) is 2.76. The molecule has 1 heterocycles. The van der Waals surface area contributed by atoms with Gasteiger partial charge in [0, 0.05) is 0 Å². The molecule has 0 saturated heterocycles. The summed E-state index contributed by atoms with van der Waals surface area (Å²) in [7, 11) is 1.63. The number of nitrogens with zero attached hydrogens (tertiary/aromatic N) is 3. The van der Waals surface area contributed by atoms with Crippen LogP contribution in [0.3, 0.4) is 0 Å². The number of nitrogens with two attached hydrogens (primary N) is 1. The Bertz CT molecular complexity index is 635. The molecule has 1 aromatic carbocycles. The molecule has 20 heavy (non-hydrogen) atoms. The first-order chi connectivity index (χ1) is 9.56. The number of ether oxygens (including phenoxy) is 1. The number of benzene rings is 1. The van der Waals surface area contributed by atoms with Crippen molar-refractivity contribution in [2.24, 2.45) is 0 Å². The summed E-state index contributed by atoms with van der Waals surface area (Å²) < 4.78 is 6.80. The summed E-state index contributed by atoms with van der Waals surface area (Å²) in [6, 6.07) is 9.84. The molecular weight excluding hydrogens is 252 g/mol. The van der Waals surface area contributed by atoms with Gasteiger partial charge < -0.3 is 10.5 Å². The first-order valence-corrected chi connectivity index (χ1v) is 6.46. The molecule has 0 aliphatic carbocycles. The maximum atomic E-state index is 9.20. The van der Waals surface area contributed by atoms with E-state index in [-0.39, 0.29) is 5.92 Å². The van der Waals surface area contributed by atoms with Crippen LogP contribution in [0.4, 0.5) is 5.82 Å². The molecule has 0 fully saturated rings. The fourth-order valence-electron chi connectivity index (χ4n) is 2.04. The van der Waals surface area contributed by atoms with Crippen LogP contribution in [-0.4, -0.2) is 16.9 Å². The van der Waals surface area contributed by atoms with Crippen LogP contribution in [-0.2, 0) is 6.54 Å². The zero-order chi connectivity index (χ0) is 14.7. The van der Waals surface area contributed by atoms with E-state index in [1.54, 1.807) is 11.8 Å². The molecule has 104 valence electrons. The Hall–Kier alpha value is -2.48.